The molecule has 1 aliphatic rings. The number of nitrogens with zero attached hydrogens (tertiary/aromatic N) is 2. The van der Waals surface area contributed by atoms with E-state index in [1.807, 2.05) is 44.0 Å². The number of halogens is 1. The molecule has 1 aliphatic heterocycles. The van der Waals surface area contributed by atoms with Crippen LogP contribution in [0.3, 0.4) is 0 Å². The van der Waals surface area contributed by atoms with Crippen LogP contribution in [0.1, 0.15) is 49.7 Å². The lowest BCUT2D eigenvalue weighted by Gasteiger charge is -2.38. The molecule has 0 unspecified atom stereocenters. The minimum atomic E-state index is -0.295. The smallest absolute Gasteiger partial charge is 0.243 e. The molecule has 3 rings (SSSR count). The van der Waals surface area contributed by atoms with Crippen molar-refractivity contribution < 1.29 is 14.0 Å². The van der Waals surface area contributed by atoms with Crippen molar-refractivity contribution in [3.63, 3.8) is 0 Å². The summed E-state index contributed by atoms with van der Waals surface area (Å²) in [4.78, 5) is 30.6. The van der Waals surface area contributed by atoms with E-state index < -0.39 is 0 Å². The van der Waals surface area contributed by atoms with Crippen LogP contribution in [0.2, 0.25) is 0 Å². The van der Waals surface area contributed by atoms with E-state index in [1.165, 1.54) is 17.0 Å². The first-order valence-corrected chi connectivity index (χ1v) is 10.6. The molecule has 2 aromatic rings. The second-order valence-electron chi connectivity index (χ2n) is 7.80. The molecule has 0 aliphatic carbocycles. The van der Waals surface area contributed by atoms with Gasteiger partial charge in [0.05, 0.1) is 6.04 Å². The number of amides is 2. The second kappa shape index (κ2) is 8.43. The van der Waals surface area contributed by atoms with Gasteiger partial charge in [0.2, 0.25) is 11.8 Å². The highest BCUT2D eigenvalue weighted by Gasteiger charge is 2.34. The normalized spacial score (nSPS) is 16.4. The summed E-state index contributed by atoms with van der Waals surface area (Å²) in [6.07, 6.45) is 0.802. The van der Waals surface area contributed by atoms with Crippen LogP contribution in [0.25, 0.3) is 0 Å². The molecule has 0 bridgehead atoms. The molecule has 0 radical (unpaired) electrons. The average molecular weight is 403 g/mol. The van der Waals surface area contributed by atoms with E-state index in [0.29, 0.717) is 6.54 Å². The molecule has 150 valence electrons. The first kappa shape index (κ1) is 20.5. The van der Waals surface area contributed by atoms with Gasteiger partial charge in [0.25, 0.3) is 0 Å². The molecule has 1 aromatic heterocycles. The minimum Gasteiger partial charge on any atom is -0.331 e. The van der Waals surface area contributed by atoms with Gasteiger partial charge in [0.1, 0.15) is 12.4 Å². The molecule has 2 amide bonds. The summed E-state index contributed by atoms with van der Waals surface area (Å²) < 4.78 is 13.4. The molecule has 2 heterocycles. The summed E-state index contributed by atoms with van der Waals surface area (Å²) in [5, 5.41) is 2.04. The molecule has 0 N–H and O–H groups in total. The summed E-state index contributed by atoms with van der Waals surface area (Å²) in [6, 6.07) is 8.10. The first-order chi connectivity index (χ1) is 13.3. The highest BCUT2D eigenvalue weighted by molar-refractivity contribution is 7.10. The third-order valence-corrected chi connectivity index (χ3v) is 6.17. The Kier molecular flexibility index (Phi) is 6.18. The van der Waals surface area contributed by atoms with Gasteiger partial charge in [-0.2, -0.15) is 0 Å². The summed E-state index contributed by atoms with van der Waals surface area (Å²) in [5.74, 6) is -0.548. The standard InChI is InChI=1S/C22H27FN2O2S/c1-14(2)22(27)25(15(3)4)13-20(26)24-11-9-19-18(10-12-28-19)21(24)16-5-7-17(23)8-6-16/h5-8,10,12,14-15,21H,9,11,13H2,1-4H3/t21-/m0/s1. The number of hydrogen-bond donors (Lipinski definition) is 0. The number of benzene rings is 1. The number of fused-ring (bicyclic) bond motifs is 1. The van der Waals surface area contributed by atoms with Crippen molar-refractivity contribution in [3.05, 3.63) is 57.5 Å². The van der Waals surface area contributed by atoms with Gasteiger partial charge in [-0.05, 0) is 55.0 Å². The number of carbonyl (C=O) groups is 2. The third kappa shape index (κ3) is 4.12. The van der Waals surface area contributed by atoms with Gasteiger partial charge >= 0.3 is 0 Å². The predicted molar refractivity (Wildman–Crippen MR) is 110 cm³/mol. The molecule has 1 aromatic carbocycles. The highest BCUT2D eigenvalue weighted by Crippen LogP contribution is 2.38. The maximum atomic E-state index is 13.4. The van der Waals surface area contributed by atoms with Gasteiger partial charge in [-0.3, -0.25) is 9.59 Å². The van der Waals surface area contributed by atoms with E-state index in [9.17, 15) is 14.0 Å². The third-order valence-electron chi connectivity index (χ3n) is 5.18. The van der Waals surface area contributed by atoms with E-state index in [1.54, 1.807) is 28.4 Å². The Labute approximate surface area is 170 Å². The lowest BCUT2D eigenvalue weighted by Crippen LogP contribution is -2.49. The molecular weight excluding hydrogens is 375 g/mol. The molecule has 0 saturated heterocycles. The number of thiophene rings is 1. The zero-order valence-corrected chi connectivity index (χ0v) is 17.6. The van der Waals surface area contributed by atoms with E-state index in [0.717, 1.165) is 17.5 Å². The van der Waals surface area contributed by atoms with Crippen molar-refractivity contribution in [1.29, 1.82) is 0 Å². The SMILES string of the molecule is CC(C)C(=O)N(CC(=O)N1CCc2sccc2[C@@H]1c1ccc(F)cc1)C(C)C. The Hall–Kier alpha value is -2.21. The maximum absolute atomic E-state index is 13.4. The number of carbonyl (C=O) groups excluding carboxylic acids is 2. The number of hydrogen-bond acceptors (Lipinski definition) is 3. The minimum absolute atomic E-state index is 0.0186. The van der Waals surface area contributed by atoms with Crippen molar-refractivity contribution in [3.8, 4) is 0 Å². The van der Waals surface area contributed by atoms with Crippen LogP contribution >= 0.6 is 11.3 Å². The molecule has 1 atom stereocenters. The first-order valence-electron chi connectivity index (χ1n) is 9.71. The Balaban J connectivity index is 1.91. The molecular formula is C22H27FN2O2S. The molecule has 0 saturated carbocycles. The summed E-state index contributed by atoms with van der Waals surface area (Å²) in [7, 11) is 0. The lowest BCUT2D eigenvalue weighted by atomic mass is 9.93. The van der Waals surface area contributed by atoms with Crippen molar-refractivity contribution >= 4 is 23.2 Å². The van der Waals surface area contributed by atoms with E-state index in [-0.39, 0.29) is 42.2 Å². The van der Waals surface area contributed by atoms with E-state index >= 15 is 0 Å². The quantitative estimate of drug-likeness (QED) is 0.750. The van der Waals surface area contributed by atoms with Crippen LogP contribution in [-0.4, -0.2) is 40.7 Å². The molecule has 4 nitrogen and oxygen atoms in total. The summed E-state index contributed by atoms with van der Waals surface area (Å²) in [6.45, 7) is 8.21. The predicted octanol–water partition coefficient (Wildman–Crippen LogP) is 4.25. The van der Waals surface area contributed by atoms with Crippen molar-refractivity contribution in [2.45, 2.75) is 46.2 Å². The molecule has 28 heavy (non-hydrogen) atoms. The Bertz CT molecular complexity index is 844. The van der Waals surface area contributed by atoms with Gasteiger partial charge in [-0.25, -0.2) is 4.39 Å². The van der Waals surface area contributed by atoms with Gasteiger partial charge in [0.15, 0.2) is 0 Å². The Morgan fingerprint density at radius 1 is 1.18 bits per heavy atom. The van der Waals surface area contributed by atoms with Gasteiger partial charge in [0, 0.05) is 23.4 Å². The molecule has 0 fully saturated rings. The van der Waals surface area contributed by atoms with Crippen LogP contribution in [0.15, 0.2) is 35.7 Å². The molecule has 0 spiro atoms. The fourth-order valence-corrected chi connectivity index (χ4v) is 4.58. The fraction of sp³-hybridized carbons (Fsp3) is 0.455. The summed E-state index contributed by atoms with van der Waals surface area (Å²) >= 11 is 1.69. The fourth-order valence-electron chi connectivity index (χ4n) is 3.67. The number of rotatable bonds is 5. The van der Waals surface area contributed by atoms with Gasteiger partial charge in [-0.15, -0.1) is 11.3 Å². The van der Waals surface area contributed by atoms with E-state index in [4.69, 9.17) is 0 Å². The topological polar surface area (TPSA) is 40.6 Å². The van der Waals surface area contributed by atoms with Crippen LogP contribution in [0.4, 0.5) is 4.39 Å². The van der Waals surface area contributed by atoms with Crippen molar-refractivity contribution in [1.82, 2.24) is 9.80 Å². The monoisotopic (exact) mass is 402 g/mol. The highest BCUT2D eigenvalue weighted by atomic mass is 32.1. The van der Waals surface area contributed by atoms with Crippen LogP contribution in [0, 0.1) is 11.7 Å². The lowest BCUT2D eigenvalue weighted by molar-refractivity contribution is -0.145. The molecule has 6 heteroatoms. The van der Waals surface area contributed by atoms with Gasteiger partial charge < -0.3 is 9.80 Å². The zero-order chi connectivity index (χ0) is 20.4. The van der Waals surface area contributed by atoms with Crippen LogP contribution in [-0.2, 0) is 16.0 Å². The van der Waals surface area contributed by atoms with Crippen LogP contribution in [0.5, 0.6) is 0 Å². The van der Waals surface area contributed by atoms with Crippen molar-refractivity contribution in [2.75, 3.05) is 13.1 Å². The van der Waals surface area contributed by atoms with Crippen LogP contribution < -0.4 is 0 Å². The second-order valence-corrected chi connectivity index (χ2v) is 8.81. The summed E-state index contributed by atoms with van der Waals surface area (Å²) in [5.41, 5.74) is 1.99. The Morgan fingerprint density at radius 2 is 1.86 bits per heavy atom. The Morgan fingerprint density at radius 3 is 2.46 bits per heavy atom. The van der Waals surface area contributed by atoms with Crippen molar-refractivity contribution in [2.24, 2.45) is 5.92 Å². The van der Waals surface area contributed by atoms with E-state index in [2.05, 4.69) is 0 Å². The maximum Gasteiger partial charge on any atom is 0.243 e. The largest absolute Gasteiger partial charge is 0.331 e. The van der Waals surface area contributed by atoms with Gasteiger partial charge in [-0.1, -0.05) is 26.0 Å². The zero-order valence-electron chi connectivity index (χ0n) is 16.8. The average Bonchev–Trinajstić information content (AvgIpc) is 3.13.